The number of carbonyl (C=O) groups excluding carboxylic acids is 5. The summed E-state index contributed by atoms with van der Waals surface area (Å²) in [6.07, 6.45) is 5.41. The monoisotopic (exact) mass is 952 g/mol. The molecule has 0 heterocycles. The third kappa shape index (κ3) is 29.1. The summed E-state index contributed by atoms with van der Waals surface area (Å²) >= 11 is 0. The van der Waals surface area contributed by atoms with Gasteiger partial charge in [0.1, 0.15) is 5.60 Å². The van der Waals surface area contributed by atoms with Crippen LogP contribution < -0.4 is 26.6 Å². The van der Waals surface area contributed by atoms with Crippen molar-refractivity contribution in [3.8, 4) is 0 Å². The highest BCUT2D eigenvalue weighted by molar-refractivity contribution is 8.77. The van der Waals surface area contributed by atoms with E-state index in [1.165, 1.54) is 0 Å². The summed E-state index contributed by atoms with van der Waals surface area (Å²) in [4.78, 5) is 67.3. The first-order valence-corrected chi connectivity index (χ1v) is 27.7. The van der Waals surface area contributed by atoms with Gasteiger partial charge in [0, 0.05) is 112 Å². The molecule has 17 heteroatoms. The van der Waals surface area contributed by atoms with Crippen LogP contribution in [-0.4, -0.2) is 139 Å². The molecule has 1 atom stereocenters. The van der Waals surface area contributed by atoms with Crippen molar-refractivity contribution in [3.63, 3.8) is 0 Å². The van der Waals surface area contributed by atoms with Crippen LogP contribution in [0.1, 0.15) is 148 Å². The first-order chi connectivity index (χ1) is 28.8. The van der Waals surface area contributed by atoms with Crippen LogP contribution in [0.5, 0.6) is 0 Å². The minimum absolute atomic E-state index is 0.0113. The first-order valence-electron chi connectivity index (χ1n) is 22.8. The Hall–Kier alpha value is -1.53. The van der Waals surface area contributed by atoms with E-state index in [1.807, 2.05) is 20.8 Å². The average molecular weight is 953 g/mol. The molecular formula is C45H89N7O6S4. The van der Waals surface area contributed by atoms with Crippen LogP contribution in [-0.2, 0) is 23.9 Å². The lowest BCUT2D eigenvalue weighted by Crippen LogP contribution is -2.56. The zero-order valence-electron chi connectivity index (χ0n) is 41.3. The molecule has 5 N–H and O–H groups in total. The molecule has 0 aromatic rings. The second-order valence-electron chi connectivity index (χ2n) is 19.6. The minimum Gasteiger partial charge on any atom is -0.444 e. The molecule has 0 aromatic heterocycles. The number of hydrogen-bond donors (Lipinski definition) is 5. The lowest BCUT2D eigenvalue weighted by atomic mass is 9.67. The van der Waals surface area contributed by atoms with Gasteiger partial charge in [-0.2, -0.15) is 0 Å². The molecule has 0 bridgehead atoms. The van der Waals surface area contributed by atoms with Gasteiger partial charge in [0.2, 0.25) is 23.6 Å². The third-order valence-corrected chi connectivity index (χ3v) is 16.5. The molecule has 0 saturated carbocycles. The highest BCUT2D eigenvalue weighted by Gasteiger charge is 2.43. The van der Waals surface area contributed by atoms with Crippen LogP contribution in [0.25, 0.3) is 0 Å². The Kier molecular flexibility index (Phi) is 30.6. The normalized spacial score (nSPS) is 13.4. The molecule has 364 valence electrons. The molecule has 0 aromatic carbocycles. The number of rotatable bonds is 34. The van der Waals surface area contributed by atoms with E-state index in [1.54, 1.807) is 43.2 Å². The second-order valence-corrected chi connectivity index (χ2v) is 25.0. The molecule has 0 saturated heterocycles. The maximum Gasteiger partial charge on any atom is 0.407 e. The van der Waals surface area contributed by atoms with Crippen molar-refractivity contribution in [1.29, 1.82) is 0 Å². The summed E-state index contributed by atoms with van der Waals surface area (Å²) in [5, 5.41) is 15.0. The zero-order chi connectivity index (χ0) is 47.5. The highest BCUT2D eigenvalue weighted by Crippen LogP contribution is 2.43. The number of nitrogens with one attached hydrogen (secondary N) is 5. The maximum absolute atomic E-state index is 13.1. The molecule has 13 nitrogen and oxygen atoms in total. The summed E-state index contributed by atoms with van der Waals surface area (Å²) in [6, 6.07) is 0. The molecule has 0 aliphatic rings. The molecule has 0 aliphatic heterocycles. The van der Waals surface area contributed by atoms with Gasteiger partial charge in [-0.05, 0) is 98.4 Å². The van der Waals surface area contributed by atoms with Crippen molar-refractivity contribution in [2.45, 2.75) is 164 Å². The number of ether oxygens (including phenoxy) is 1. The van der Waals surface area contributed by atoms with Gasteiger partial charge in [0.05, 0.1) is 0 Å². The third-order valence-electron chi connectivity index (χ3n) is 11.7. The van der Waals surface area contributed by atoms with E-state index in [9.17, 15) is 24.0 Å². The van der Waals surface area contributed by atoms with Gasteiger partial charge >= 0.3 is 6.09 Å². The summed E-state index contributed by atoms with van der Waals surface area (Å²) < 4.78 is 5.42. The Morgan fingerprint density at radius 1 is 0.516 bits per heavy atom. The zero-order valence-corrected chi connectivity index (χ0v) is 44.6. The van der Waals surface area contributed by atoms with E-state index in [0.29, 0.717) is 84.3 Å². The lowest BCUT2D eigenvalue weighted by Gasteiger charge is -2.51. The van der Waals surface area contributed by atoms with E-state index < -0.39 is 11.7 Å². The first kappa shape index (κ1) is 60.5. The summed E-state index contributed by atoms with van der Waals surface area (Å²) in [6.45, 7) is 32.0. The van der Waals surface area contributed by atoms with Crippen LogP contribution in [0.3, 0.4) is 0 Å². The fraction of sp³-hybridized carbons (Fsp3) is 0.889. The summed E-state index contributed by atoms with van der Waals surface area (Å²) in [5.74, 6) is 3.34. The van der Waals surface area contributed by atoms with Gasteiger partial charge < -0.3 is 36.2 Å². The van der Waals surface area contributed by atoms with Crippen LogP contribution in [0.2, 0.25) is 0 Å². The summed E-state index contributed by atoms with van der Waals surface area (Å²) in [5.41, 5.74) is -0.964. The Morgan fingerprint density at radius 2 is 0.935 bits per heavy atom. The van der Waals surface area contributed by atoms with Crippen molar-refractivity contribution in [1.82, 2.24) is 36.4 Å². The van der Waals surface area contributed by atoms with Gasteiger partial charge in [-0.25, -0.2) is 4.79 Å². The largest absolute Gasteiger partial charge is 0.444 e. The Balaban J connectivity index is 4.95. The van der Waals surface area contributed by atoms with Crippen LogP contribution >= 0.6 is 43.2 Å². The maximum atomic E-state index is 13.1. The van der Waals surface area contributed by atoms with Crippen molar-refractivity contribution < 1.29 is 28.7 Å². The smallest absolute Gasteiger partial charge is 0.407 e. The Morgan fingerprint density at radius 3 is 1.34 bits per heavy atom. The van der Waals surface area contributed by atoms with Crippen LogP contribution in [0.15, 0.2) is 0 Å². The van der Waals surface area contributed by atoms with Crippen LogP contribution in [0, 0.1) is 10.8 Å². The predicted octanol–water partition coefficient (Wildman–Crippen LogP) is 8.13. The predicted molar refractivity (Wildman–Crippen MR) is 269 cm³/mol. The van der Waals surface area contributed by atoms with Crippen molar-refractivity contribution in [3.05, 3.63) is 0 Å². The molecule has 62 heavy (non-hydrogen) atoms. The quantitative estimate of drug-likeness (QED) is 0.0312. The molecule has 5 amide bonds. The molecule has 0 aliphatic carbocycles. The number of alkyl carbamates (subject to hydrolysis) is 1. The van der Waals surface area contributed by atoms with Gasteiger partial charge in [0.25, 0.3) is 0 Å². The standard InChI is InChI=1S/C45H89N7O6S4/c1-15-43(9,10)51(14)30-20-38(55)48-27-34-61-60-33-26-47-37(54)19-23-45(13,16-2)44(11,12)52(29-17-24-50-40(57)58-42(6,7)8)31-21-39(56)49-28-35-62-59-32-25-46-36(53)18-22-41(3,4)5/h15-35H2,1-14H3,(H,46,53)(H,47,54)(H,48,55)(H,49,56)(H,50,57). The van der Waals surface area contributed by atoms with Crippen molar-refractivity contribution in [2.24, 2.45) is 10.8 Å². The summed E-state index contributed by atoms with van der Waals surface area (Å²) in [7, 11) is 8.84. The minimum atomic E-state index is -0.581. The molecule has 0 rings (SSSR count). The van der Waals surface area contributed by atoms with E-state index in [4.69, 9.17) is 4.74 Å². The lowest BCUT2D eigenvalue weighted by molar-refractivity contribution is -0.123. The fourth-order valence-electron chi connectivity index (χ4n) is 6.22. The number of nitrogens with zero attached hydrogens (tertiary/aromatic N) is 2. The van der Waals surface area contributed by atoms with Crippen molar-refractivity contribution >= 4 is 72.9 Å². The molecular weight excluding hydrogens is 863 g/mol. The highest BCUT2D eigenvalue weighted by atomic mass is 33.1. The molecule has 0 radical (unpaired) electrons. The van der Waals surface area contributed by atoms with E-state index >= 15 is 0 Å². The number of hydrogen-bond acceptors (Lipinski definition) is 12. The Bertz CT molecular complexity index is 1310. The average Bonchev–Trinajstić information content (AvgIpc) is 3.18. The van der Waals surface area contributed by atoms with Gasteiger partial charge in [-0.1, -0.05) is 84.7 Å². The van der Waals surface area contributed by atoms with Crippen molar-refractivity contribution in [2.75, 3.05) is 82.4 Å². The van der Waals surface area contributed by atoms with E-state index in [2.05, 4.69) is 113 Å². The van der Waals surface area contributed by atoms with E-state index in [0.717, 1.165) is 48.8 Å². The van der Waals surface area contributed by atoms with Gasteiger partial charge in [-0.15, -0.1) is 0 Å². The second kappa shape index (κ2) is 31.4. The number of amides is 5. The van der Waals surface area contributed by atoms with E-state index in [-0.39, 0.29) is 45.5 Å². The topological polar surface area (TPSA) is 161 Å². The fourth-order valence-corrected chi connectivity index (χ4v) is 9.84. The molecule has 1 unspecified atom stereocenters. The number of carbonyl (C=O) groups is 5. The molecule has 0 spiro atoms. The van der Waals surface area contributed by atoms with Gasteiger partial charge in [0.15, 0.2) is 0 Å². The Labute approximate surface area is 393 Å². The van der Waals surface area contributed by atoms with Crippen LogP contribution in [0.4, 0.5) is 4.79 Å². The molecule has 0 fully saturated rings. The van der Waals surface area contributed by atoms with Gasteiger partial charge in [-0.3, -0.25) is 24.1 Å². The SMILES string of the molecule is CCC(C)(C)N(C)CCC(=O)NCCSSCCNC(=O)CCC(C)(CC)C(C)(C)N(CCCNC(=O)OC(C)(C)C)CCC(=O)NCCSSCCNC(=O)CCC(C)(C)C.